The van der Waals surface area contributed by atoms with Gasteiger partial charge in [0, 0.05) is 16.7 Å². The van der Waals surface area contributed by atoms with Crippen molar-refractivity contribution in [2.45, 2.75) is 55.4 Å². The molecule has 0 aliphatic heterocycles. The fraction of sp³-hybridized carbons (Fsp3) is 0.276. The van der Waals surface area contributed by atoms with Crippen LogP contribution in [0.5, 0.6) is 34.5 Å². The zero-order valence-electron chi connectivity index (χ0n) is 22.9. The number of ether oxygens (including phenoxy) is 2. The molecule has 0 aliphatic rings. The molecule has 0 saturated carbocycles. The second-order valence-corrected chi connectivity index (χ2v) is 9.50. The standard InChI is InChI=1S/C29H30O10/c1-10-9-18(30)15(6)22(31)19(10)28(36)38-26-14(5)12(3)21(24(33)17(26)8)29(37)39-25-13(4)11(2)20(27(34)35)23(32)16(25)7/h9,30-33H,1-8H3,(H,34,35). The summed E-state index contributed by atoms with van der Waals surface area (Å²) in [5.74, 6) is -4.96. The smallest absolute Gasteiger partial charge is 0.347 e. The van der Waals surface area contributed by atoms with Crippen LogP contribution in [0, 0.1) is 55.4 Å². The van der Waals surface area contributed by atoms with Gasteiger partial charge in [0.25, 0.3) is 0 Å². The molecular weight excluding hydrogens is 508 g/mol. The lowest BCUT2D eigenvalue weighted by Crippen LogP contribution is -2.17. The third-order valence-electron chi connectivity index (χ3n) is 7.16. The van der Waals surface area contributed by atoms with Crippen molar-refractivity contribution in [1.82, 2.24) is 0 Å². The van der Waals surface area contributed by atoms with Gasteiger partial charge in [-0.3, -0.25) is 0 Å². The third kappa shape index (κ3) is 4.69. The third-order valence-corrected chi connectivity index (χ3v) is 7.16. The maximum absolute atomic E-state index is 13.3. The molecule has 0 unspecified atom stereocenters. The van der Waals surface area contributed by atoms with Crippen molar-refractivity contribution in [3.05, 3.63) is 67.3 Å². The normalized spacial score (nSPS) is 10.9. The van der Waals surface area contributed by atoms with E-state index < -0.39 is 35.2 Å². The predicted octanol–water partition coefficient (Wildman–Crippen LogP) is 5.11. The van der Waals surface area contributed by atoms with Crippen LogP contribution >= 0.6 is 0 Å². The topological polar surface area (TPSA) is 171 Å². The Morgan fingerprint density at radius 1 is 0.538 bits per heavy atom. The van der Waals surface area contributed by atoms with Gasteiger partial charge in [0.2, 0.25) is 0 Å². The van der Waals surface area contributed by atoms with Crippen LogP contribution in [0.25, 0.3) is 0 Å². The van der Waals surface area contributed by atoms with E-state index in [1.54, 1.807) is 13.8 Å². The number of aryl methyl sites for hydroxylation is 1. The van der Waals surface area contributed by atoms with Crippen LogP contribution in [-0.4, -0.2) is 43.4 Å². The Hall–Kier alpha value is -4.73. The Bertz CT molecular complexity index is 1520. The highest BCUT2D eigenvalue weighted by Gasteiger charge is 2.30. The molecule has 0 spiro atoms. The lowest BCUT2D eigenvalue weighted by Gasteiger charge is -2.20. The summed E-state index contributed by atoms with van der Waals surface area (Å²) in [6.07, 6.45) is 0. The van der Waals surface area contributed by atoms with Gasteiger partial charge in [-0.2, -0.15) is 0 Å². The zero-order chi connectivity index (χ0) is 29.7. The van der Waals surface area contributed by atoms with E-state index in [1.165, 1.54) is 47.6 Å². The minimum Gasteiger partial charge on any atom is -0.508 e. The van der Waals surface area contributed by atoms with E-state index in [9.17, 15) is 39.9 Å². The van der Waals surface area contributed by atoms with Crippen molar-refractivity contribution in [3.8, 4) is 34.5 Å². The van der Waals surface area contributed by atoms with Crippen LogP contribution in [0.3, 0.4) is 0 Å². The average Bonchev–Trinajstić information content (AvgIpc) is 2.85. The number of hydrogen-bond acceptors (Lipinski definition) is 9. The summed E-state index contributed by atoms with van der Waals surface area (Å²) in [7, 11) is 0. The number of aromatic carboxylic acids is 1. The van der Waals surface area contributed by atoms with Gasteiger partial charge in [-0.1, -0.05) is 0 Å². The van der Waals surface area contributed by atoms with Gasteiger partial charge in [0.1, 0.15) is 51.2 Å². The molecule has 0 radical (unpaired) electrons. The average molecular weight is 539 g/mol. The van der Waals surface area contributed by atoms with Gasteiger partial charge < -0.3 is 35.0 Å². The molecule has 39 heavy (non-hydrogen) atoms. The first-order valence-corrected chi connectivity index (χ1v) is 11.9. The maximum atomic E-state index is 13.3. The van der Waals surface area contributed by atoms with Gasteiger partial charge in [-0.15, -0.1) is 0 Å². The van der Waals surface area contributed by atoms with E-state index >= 15 is 0 Å². The quantitative estimate of drug-likeness (QED) is 0.217. The predicted molar refractivity (Wildman–Crippen MR) is 141 cm³/mol. The van der Waals surface area contributed by atoms with E-state index in [4.69, 9.17) is 9.47 Å². The number of aromatic hydroxyl groups is 4. The Labute approximate surface area is 224 Å². The number of esters is 2. The van der Waals surface area contributed by atoms with Crippen molar-refractivity contribution < 1.29 is 49.4 Å². The molecule has 0 heterocycles. The molecule has 0 atom stereocenters. The van der Waals surface area contributed by atoms with Crippen LogP contribution in [0.2, 0.25) is 0 Å². The fourth-order valence-corrected chi connectivity index (χ4v) is 4.47. The largest absolute Gasteiger partial charge is 0.508 e. The Morgan fingerprint density at radius 3 is 1.38 bits per heavy atom. The number of carbonyl (C=O) groups excluding carboxylic acids is 2. The first-order valence-electron chi connectivity index (χ1n) is 11.9. The maximum Gasteiger partial charge on any atom is 0.347 e. The number of carbonyl (C=O) groups is 3. The molecule has 0 saturated heterocycles. The summed E-state index contributed by atoms with van der Waals surface area (Å²) in [5, 5.41) is 51.1. The van der Waals surface area contributed by atoms with Crippen LogP contribution in [0.4, 0.5) is 0 Å². The number of hydrogen-bond donors (Lipinski definition) is 5. The van der Waals surface area contributed by atoms with E-state index in [0.29, 0.717) is 11.1 Å². The highest BCUT2D eigenvalue weighted by Crippen LogP contribution is 2.42. The fourth-order valence-electron chi connectivity index (χ4n) is 4.47. The lowest BCUT2D eigenvalue weighted by molar-refractivity contribution is 0.0689. The summed E-state index contributed by atoms with van der Waals surface area (Å²) in [6, 6.07) is 1.32. The van der Waals surface area contributed by atoms with E-state index in [2.05, 4.69) is 0 Å². The molecule has 0 fully saturated rings. The minimum atomic E-state index is -1.33. The Morgan fingerprint density at radius 2 is 0.923 bits per heavy atom. The zero-order valence-corrected chi connectivity index (χ0v) is 22.9. The second-order valence-electron chi connectivity index (χ2n) is 9.50. The van der Waals surface area contributed by atoms with Gasteiger partial charge in [-0.05, 0) is 89.3 Å². The Kier molecular flexibility index (Phi) is 7.54. The van der Waals surface area contributed by atoms with Crippen molar-refractivity contribution in [2.75, 3.05) is 0 Å². The summed E-state index contributed by atoms with van der Waals surface area (Å²) in [4.78, 5) is 37.9. The van der Waals surface area contributed by atoms with Crippen LogP contribution in [0.1, 0.15) is 75.6 Å². The molecule has 0 amide bonds. The molecule has 10 heteroatoms. The lowest BCUT2D eigenvalue weighted by atomic mass is 9.96. The number of phenolic OH excluding ortho intramolecular Hbond substituents is 3. The molecule has 3 rings (SSSR count). The number of benzene rings is 3. The van der Waals surface area contributed by atoms with E-state index in [-0.39, 0.29) is 67.3 Å². The van der Waals surface area contributed by atoms with E-state index in [1.807, 2.05) is 0 Å². The summed E-state index contributed by atoms with van der Waals surface area (Å²) >= 11 is 0. The molecule has 0 bridgehead atoms. The van der Waals surface area contributed by atoms with Crippen LogP contribution < -0.4 is 9.47 Å². The molecule has 206 valence electrons. The number of rotatable bonds is 5. The molecule has 10 nitrogen and oxygen atoms in total. The molecule has 3 aromatic rings. The Balaban J connectivity index is 2.07. The summed E-state index contributed by atoms with van der Waals surface area (Å²) in [5.41, 5.74) is 0.929. The number of phenols is 4. The van der Waals surface area contributed by atoms with Crippen LogP contribution in [0.15, 0.2) is 6.07 Å². The molecule has 0 aromatic heterocycles. The van der Waals surface area contributed by atoms with E-state index in [0.717, 1.165) is 0 Å². The number of carboxylic acids is 1. The molecular formula is C29H30O10. The summed E-state index contributed by atoms with van der Waals surface area (Å²) < 4.78 is 11.1. The first kappa shape index (κ1) is 28.8. The first-order chi connectivity index (χ1) is 18.0. The molecule has 0 aliphatic carbocycles. The van der Waals surface area contributed by atoms with Gasteiger partial charge >= 0.3 is 17.9 Å². The minimum absolute atomic E-state index is 0.0252. The van der Waals surface area contributed by atoms with Crippen molar-refractivity contribution in [3.63, 3.8) is 0 Å². The highest BCUT2D eigenvalue weighted by molar-refractivity contribution is 6.00. The molecule has 3 aromatic carbocycles. The van der Waals surface area contributed by atoms with Gasteiger partial charge in [0.05, 0.1) is 0 Å². The number of carboxylic acid groups (broad SMARTS) is 1. The summed E-state index contributed by atoms with van der Waals surface area (Å²) in [6.45, 7) is 11.9. The van der Waals surface area contributed by atoms with Crippen LogP contribution in [-0.2, 0) is 0 Å². The highest BCUT2D eigenvalue weighted by atomic mass is 16.5. The van der Waals surface area contributed by atoms with Crippen molar-refractivity contribution >= 4 is 17.9 Å². The van der Waals surface area contributed by atoms with Crippen molar-refractivity contribution in [1.29, 1.82) is 0 Å². The molecule has 5 N–H and O–H groups in total. The van der Waals surface area contributed by atoms with Gasteiger partial charge in [0.15, 0.2) is 0 Å². The second kappa shape index (κ2) is 10.2. The SMILES string of the molecule is Cc1cc(O)c(C)c(O)c1C(=O)Oc1c(C)c(C)c(C(=O)Oc2c(C)c(C)c(C(=O)O)c(O)c2C)c(O)c1C. The van der Waals surface area contributed by atoms with Gasteiger partial charge in [-0.25, -0.2) is 14.4 Å². The monoisotopic (exact) mass is 538 g/mol. The van der Waals surface area contributed by atoms with Crippen molar-refractivity contribution in [2.24, 2.45) is 0 Å².